The minimum Gasteiger partial charge on any atom is -0.450 e. The molecule has 1 aliphatic heterocycles. The summed E-state index contributed by atoms with van der Waals surface area (Å²) in [6, 6.07) is 0. The van der Waals surface area contributed by atoms with Gasteiger partial charge in [0, 0.05) is 6.54 Å². The van der Waals surface area contributed by atoms with Gasteiger partial charge in [0.2, 0.25) is 0 Å². The van der Waals surface area contributed by atoms with Crippen LogP contribution in [0.3, 0.4) is 0 Å². The molecule has 1 saturated heterocycles. The van der Waals surface area contributed by atoms with Crippen molar-refractivity contribution < 1.29 is 14.3 Å². The van der Waals surface area contributed by atoms with Crippen molar-refractivity contribution in [3.8, 4) is 0 Å². The highest BCUT2D eigenvalue weighted by molar-refractivity contribution is 5.67. The molecule has 58 valence electrons. The first-order valence-electron chi connectivity index (χ1n) is 3.34. The second kappa shape index (κ2) is 3.41. The van der Waals surface area contributed by atoms with Crippen molar-refractivity contribution in [2.45, 2.75) is 6.92 Å². The molecule has 0 aromatic heterocycles. The third-order valence-electron chi connectivity index (χ3n) is 1.28. The fourth-order valence-electron chi connectivity index (χ4n) is 0.773. The van der Waals surface area contributed by atoms with Crippen LogP contribution in [-0.2, 0) is 9.47 Å². The third-order valence-corrected chi connectivity index (χ3v) is 1.28. The molecular formula is C6H11NO3. The summed E-state index contributed by atoms with van der Waals surface area (Å²) in [4.78, 5) is 12.4. The topological polar surface area (TPSA) is 38.8 Å². The summed E-state index contributed by atoms with van der Waals surface area (Å²) >= 11 is 0. The first-order valence-corrected chi connectivity index (χ1v) is 3.34. The molecular weight excluding hydrogens is 134 g/mol. The average Bonchev–Trinajstić information content (AvgIpc) is 2.38. The lowest BCUT2D eigenvalue weighted by Gasteiger charge is -2.11. The molecule has 10 heavy (non-hydrogen) atoms. The number of carbonyl (C=O) groups excluding carboxylic acids is 1. The lowest BCUT2D eigenvalue weighted by molar-refractivity contribution is 0.0901. The van der Waals surface area contributed by atoms with Gasteiger partial charge < -0.3 is 9.47 Å². The average molecular weight is 145 g/mol. The Kier molecular flexibility index (Phi) is 2.50. The molecule has 4 nitrogen and oxygen atoms in total. The normalized spacial score (nSPS) is 17.5. The maximum Gasteiger partial charge on any atom is 0.411 e. The Hall–Kier alpha value is -0.770. The van der Waals surface area contributed by atoms with Crippen molar-refractivity contribution in [3.63, 3.8) is 0 Å². The molecule has 1 heterocycles. The van der Waals surface area contributed by atoms with E-state index in [0.29, 0.717) is 26.5 Å². The van der Waals surface area contributed by atoms with Gasteiger partial charge in [-0.3, -0.25) is 4.90 Å². The Morgan fingerprint density at radius 3 is 3.10 bits per heavy atom. The zero-order valence-electron chi connectivity index (χ0n) is 6.00. The predicted octanol–water partition coefficient (Wildman–Crippen LogP) is 0.433. The van der Waals surface area contributed by atoms with Gasteiger partial charge in [-0.1, -0.05) is 0 Å². The summed E-state index contributed by atoms with van der Waals surface area (Å²) < 4.78 is 9.68. The van der Waals surface area contributed by atoms with Crippen LogP contribution >= 0.6 is 0 Å². The Morgan fingerprint density at radius 1 is 1.80 bits per heavy atom. The number of nitrogens with zero attached hydrogens (tertiary/aromatic N) is 1. The van der Waals surface area contributed by atoms with Gasteiger partial charge in [0.05, 0.1) is 13.2 Å². The molecule has 0 bridgehead atoms. The van der Waals surface area contributed by atoms with Crippen LogP contribution in [0.1, 0.15) is 6.92 Å². The van der Waals surface area contributed by atoms with E-state index in [4.69, 9.17) is 9.47 Å². The number of rotatable bonds is 1. The molecule has 0 radical (unpaired) electrons. The summed E-state index contributed by atoms with van der Waals surface area (Å²) in [5, 5.41) is 0. The van der Waals surface area contributed by atoms with Crippen molar-refractivity contribution in [2.75, 3.05) is 26.5 Å². The van der Waals surface area contributed by atoms with Crippen molar-refractivity contribution in [2.24, 2.45) is 0 Å². The van der Waals surface area contributed by atoms with Crippen molar-refractivity contribution in [1.82, 2.24) is 4.90 Å². The summed E-state index contributed by atoms with van der Waals surface area (Å²) in [5.74, 6) is 0. The van der Waals surface area contributed by atoms with E-state index in [-0.39, 0.29) is 6.09 Å². The minimum atomic E-state index is -0.278. The van der Waals surface area contributed by atoms with E-state index in [9.17, 15) is 4.79 Å². The van der Waals surface area contributed by atoms with Gasteiger partial charge in [-0.05, 0) is 6.92 Å². The zero-order chi connectivity index (χ0) is 7.40. The van der Waals surface area contributed by atoms with E-state index in [2.05, 4.69) is 0 Å². The van der Waals surface area contributed by atoms with E-state index in [1.54, 1.807) is 6.92 Å². The molecule has 0 N–H and O–H groups in total. The van der Waals surface area contributed by atoms with E-state index in [1.165, 1.54) is 4.90 Å². The Labute approximate surface area is 59.7 Å². The fraction of sp³-hybridized carbons (Fsp3) is 0.833. The fourth-order valence-corrected chi connectivity index (χ4v) is 0.773. The highest BCUT2D eigenvalue weighted by Crippen LogP contribution is 2.00. The number of hydrogen-bond acceptors (Lipinski definition) is 3. The highest BCUT2D eigenvalue weighted by Gasteiger charge is 2.18. The first kappa shape index (κ1) is 7.34. The molecule has 1 rings (SSSR count). The summed E-state index contributed by atoms with van der Waals surface area (Å²) in [6.45, 7) is 3.86. The van der Waals surface area contributed by atoms with Crippen LogP contribution < -0.4 is 0 Å². The standard InChI is InChI=1S/C6H11NO3/c1-2-10-6(8)7-3-4-9-5-7/h2-5H2,1H3. The minimum absolute atomic E-state index is 0.278. The molecule has 1 amide bonds. The van der Waals surface area contributed by atoms with Crippen LogP contribution in [0.25, 0.3) is 0 Å². The first-order chi connectivity index (χ1) is 4.84. The zero-order valence-corrected chi connectivity index (χ0v) is 6.00. The second-order valence-electron chi connectivity index (χ2n) is 2.00. The molecule has 1 aliphatic rings. The molecule has 0 aliphatic carbocycles. The summed E-state index contributed by atoms with van der Waals surface area (Å²) in [7, 11) is 0. The third kappa shape index (κ3) is 1.60. The van der Waals surface area contributed by atoms with Crippen LogP contribution in [0, 0.1) is 0 Å². The SMILES string of the molecule is CCOC(=O)N1CCOC1. The van der Waals surface area contributed by atoms with Gasteiger partial charge in [-0.25, -0.2) is 4.79 Å². The van der Waals surface area contributed by atoms with Gasteiger partial charge in [0.1, 0.15) is 6.73 Å². The molecule has 0 unspecified atom stereocenters. The van der Waals surface area contributed by atoms with Crippen molar-refractivity contribution in [3.05, 3.63) is 0 Å². The van der Waals surface area contributed by atoms with Gasteiger partial charge in [0.25, 0.3) is 0 Å². The largest absolute Gasteiger partial charge is 0.450 e. The molecule has 4 heteroatoms. The molecule has 0 atom stereocenters. The van der Waals surface area contributed by atoms with Gasteiger partial charge in [0.15, 0.2) is 0 Å². The molecule has 1 fully saturated rings. The van der Waals surface area contributed by atoms with E-state index in [0.717, 1.165) is 0 Å². The van der Waals surface area contributed by atoms with Crippen molar-refractivity contribution >= 4 is 6.09 Å². The summed E-state index contributed by atoms with van der Waals surface area (Å²) in [6.07, 6.45) is -0.278. The Bertz CT molecular complexity index is 120. The smallest absolute Gasteiger partial charge is 0.411 e. The van der Waals surface area contributed by atoms with Gasteiger partial charge in [-0.2, -0.15) is 0 Å². The molecule has 0 aromatic carbocycles. The van der Waals surface area contributed by atoms with Crippen molar-refractivity contribution in [1.29, 1.82) is 0 Å². The Balaban J connectivity index is 2.25. The van der Waals surface area contributed by atoms with Gasteiger partial charge in [-0.15, -0.1) is 0 Å². The number of carbonyl (C=O) groups is 1. The van der Waals surface area contributed by atoms with Gasteiger partial charge >= 0.3 is 6.09 Å². The highest BCUT2D eigenvalue weighted by atomic mass is 16.6. The molecule has 0 spiro atoms. The summed E-state index contributed by atoms with van der Waals surface area (Å²) in [5.41, 5.74) is 0. The quantitative estimate of drug-likeness (QED) is 0.537. The number of amides is 1. The lowest BCUT2D eigenvalue weighted by Crippen LogP contribution is -2.28. The molecule has 0 aromatic rings. The van der Waals surface area contributed by atoms with E-state index in [1.807, 2.05) is 0 Å². The van der Waals surface area contributed by atoms with E-state index < -0.39 is 0 Å². The Morgan fingerprint density at radius 2 is 2.60 bits per heavy atom. The van der Waals surface area contributed by atoms with Crippen LogP contribution in [0.15, 0.2) is 0 Å². The number of hydrogen-bond donors (Lipinski definition) is 0. The second-order valence-corrected chi connectivity index (χ2v) is 2.00. The predicted molar refractivity (Wildman–Crippen MR) is 34.5 cm³/mol. The monoisotopic (exact) mass is 145 g/mol. The van der Waals surface area contributed by atoms with E-state index >= 15 is 0 Å². The number of ether oxygens (including phenoxy) is 2. The van der Waals surface area contributed by atoms with Crippen LogP contribution in [0.4, 0.5) is 4.79 Å². The van der Waals surface area contributed by atoms with Crippen LogP contribution in [0.2, 0.25) is 0 Å². The molecule has 0 saturated carbocycles. The van der Waals surface area contributed by atoms with Crippen LogP contribution in [-0.4, -0.2) is 37.5 Å². The van der Waals surface area contributed by atoms with Crippen LogP contribution in [0.5, 0.6) is 0 Å². The maximum atomic E-state index is 10.9. The lowest BCUT2D eigenvalue weighted by atomic mass is 10.6. The maximum absolute atomic E-state index is 10.9.